The van der Waals surface area contributed by atoms with Gasteiger partial charge in [0, 0.05) is 36.7 Å². The standard InChI is InChI=1S/C12H18N2O3S/c1-9-8-11(14-17-9)13-12(15)4-7-18-10-2-5-16-6-3-10/h8,10H,2-7H2,1H3,(H,13,14,15). The SMILES string of the molecule is Cc1cc(NC(=O)CCSC2CCOCC2)no1. The molecular weight excluding hydrogens is 252 g/mol. The summed E-state index contributed by atoms with van der Waals surface area (Å²) in [6.45, 7) is 3.49. The smallest absolute Gasteiger partial charge is 0.226 e. The number of carbonyl (C=O) groups is 1. The van der Waals surface area contributed by atoms with Gasteiger partial charge < -0.3 is 14.6 Å². The highest BCUT2D eigenvalue weighted by atomic mass is 32.2. The van der Waals surface area contributed by atoms with Gasteiger partial charge in [0.15, 0.2) is 5.82 Å². The fourth-order valence-electron chi connectivity index (χ4n) is 1.79. The van der Waals surface area contributed by atoms with Gasteiger partial charge in [-0.05, 0) is 19.8 Å². The minimum Gasteiger partial charge on any atom is -0.381 e. The summed E-state index contributed by atoms with van der Waals surface area (Å²) in [6.07, 6.45) is 2.69. The Morgan fingerprint density at radius 1 is 1.56 bits per heavy atom. The van der Waals surface area contributed by atoms with Gasteiger partial charge in [-0.25, -0.2) is 0 Å². The van der Waals surface area contributed by atoms with Crippen LogP contribution in [0.3, 0.4) is 0 Å². The van der Waals surface area contributed by atoms with Crippen molar-refractivity contribution in [3.63, 3.8) is 0 Å². The van der Waals surface area contributed by atoms with Crippen LogP contribution in [0, 0.1) is 6.92 Å². The normalized spacial score (nSPS) is 16.7. The van der Waals surface area contributed by atoms with Crippen molar-refractivity contribution in [2.45, 2.75) is 31.4 Å². The second-order valence-corrected chi connectivity index (χ2v) is 5.71. The summed E-state index contributed by atoms with van der Waals surface area (Å²) in [5.74, 6) is 2.02. The molecule has 1 amide bonds. The molecule has 1 fully saturated rings. The summed E-state index contributed by atoms with van der Waals surface area (Å²) in [7, 11) is 0. The van der Waals surface area contributed by atoms with Gasteiger partial charge in [0.25, 0.3) is 0 Å². The zero-order chi connectivity index (χ0) is 12.8. The molecule has 0 atom stereocenters. The molecule has 0 spiro atoms. The molecule has 5 nitrogen and oxygen atoms in total. The van der Waals surface area contributed by atoms with Crippen molar-refractivity contribution in [2.24, 2.45) is 0 Å². The Balaban J connectivity index is 1.62. The highest BCUT2D eigenvalue weighted by Gasteiger charge is 2.14. The van der Waals surface area contributed by atoms with Gasteiger partial charge in [0.1, 0.15) is 5.76 Å². The molecule has 1 aliphatic rings. The highest BCUT2D eigenvalue weighted by Crippen LogP contribution is 2.22. The third-order valence-corrected chi connectivity index (χ3v) is 4.13. The van der Waals surface area contributed by atoms with E-state index in [1.54, 1.807) is 13.0 Å². The number of aryl methyl sites for hydroxylation is 1. The minimum absolute atomic E-state index is 0.0112. The highest BCUT2D eigenvalue weighted by molar-refractivity contribution is 7.99. The molecule has 1 aliphatic heterocycles. The molecule has 1 N–H and O–H groups in total. The van der Waals surface area contributed by atoms with Crippen molar-refractivity contribution < 1.29 is 14.1 Å². The molecule has 100 valence electrons. The Kier molecular flexibility index (Phi) is 5.07. The Labute approximate surface area is 111 Å². The van der Waals surface area contributed by atoms with E-state index in [2.05, 4.69) is 10.5 Å². The van der Waals surface area contributed by atoms with Crippen LogP contribution in [0.4, 0.5) is 5.82 Å². The number of thioether (sulfide) groups is 1. The first kappa shape index (κ1) is 13.4. The number of ether oxygens (including phenoxy) is 1. The van der Waals surface area contributed by atoms with E-state index < -0.39 is 0 Å². The summed E-state index contributed by atoms with van der Waals surface area (Å²) in [4.78, 5) is 11.6. The molecule has 0 radical (unpaired) electrons. The molecule has 1 aromatic heterocycles. The number of hydrogen-bond donors (Lipinski definition) is 1. The maximum absolute atomic E-state index is 11.6. The Hall–Kier alpha value is -1.01. The predicted molar refractivity (Wildman–Crippen MR) is 70.8 cm³/mol. The van der Waals surface area contributed by atoms with E-state index in [1.807, 2.05) is 11.8 Å². The lowest BCUT2D eigenvalue weighted by Gasteiger charge is -2.21. The average Bonchev–Trinajstić information content (AvgIpc) is 2.76. The first-order valence-corrected chi connectivity index (χ1v) is 7.21. The maximum atomic E-state index is 11.6. The number of nitrogens with zero attached hydrogens (tertiary/aromatic N) is 1. The number of aromatic nitrogens is 1. The monoisotopic (exact) mass is 270 g/mol. The van der Waals surface area contributed by atoms with Crippen molar-refractivity contribution in [3.05, 3.63) is 11.8 Å². The zero-order valence-corrected chi connectivity index (χ0v) is 11.3. The van der Waals surface area contributed by atoms with Crippen molar-refractivity contribution >= 4 is 23.5 Å². The van der Waals surface area contributed by atoms with Gasteiger partial charge in [-0.2, -0.15) is 11.8 Å². The average molecular weight is 270 g/mol. The fraction of sp³-hybridized carbons (Fsp3) is 0.667. The third kappa shape index (κ3) is 4.34. The third-order valence-electron chi connectivity index (χ3n) is 2.75. The number of anilines is 1. The molecule has 6 heteroatoms. The minimum atomic E-state index is -0.0112. The number of carbonyl (C=O) groups excluding carboxylic acids is 1. The van der Waals surface area contributed by atoms with Crippen LogP contribution in [-0.2, 0) is 9.53 Å². The summed E-state index contributed by atoms with van der Waals surface area (Å²) in [5, 5.41) is 7.08. The van der Waals surface area contributed by atoms with E-state index in [-0.39, 0.29) is 5.91 Å². The van der Waals surface area contributed by atoms with E-state index in [0.29, 0.717) is 23.2 Å². The van der Waals surface area contributed by atoms with Crippen LogP contribution >= 0.6 is 11.8 Å². The van der Waals surface area contributed by atoms with Gasteiger partial charge in [0.2, 0.25) is 5.91 Å². The second kappa shape index (κ2) is 6.80. The molecule has 1 aromatic rings. The van der Waals surface area contributed by atoms with Gasteiger partial charge >= 0.3 is 0 Å². The van der Waals surface area contributed by atoms with Crippen LogP contribution < -0.4 is 5.32 Å². The Morgan fingerprint density at radius 3 is 3.00 bits per heavy atom. The van der Waals surface area contributed by atoms with E-state index in [0.717, 1.165) is 31.8 Å². The summed E-state index contributed by atoms with van der Waals surface area (Å²) in [6, 6.07) is 1.71. The van der Waals surface area contributed by atoms with Crippen LogP contribution in [0.5, 0.6) is 0 Å². The zero-order valence-electron chi connectivity index (χ0n) is 10.5. The van der Waals surface area contributed by atoms with E-state index in [4.69, 9.17) is 9.26 Å². The number of rotatable bonds is 5. The first-order chi connectivity index (χ1) is 8.74. The van der Waals surface area contributed by atoms with Crippen LogP contribution in [0.15, 0.2) is 10.6 Å². The second-order valence-electron chi connectivity index (χ2n) is 4.30. The number of amides is 1. The number of hydrogen-bond acceptors (Lipinski definition) is 5. The molecule has 18 heavy (non-hydrogen) atoms. The first-order valence-electron chi connectivity index (χ1n) is 6.16. The van der Waals surface area contributed by atoms with E-state index in [9.17, 15) is 4.79 Å². The van der Waals surface area contributed by atoms with Gasteiger partial charge in [-0.1, -0.05) is 5.16 Å². The topological polar surface area (TPSA) is 64.4 Å². The van der Waals surface area contributed by atoms with Crippen molar-refractivity contribution in [3.8, 4) is 0 Å². The summed E-state index contributed by atoms with van der Waals surface area (Å²) < 4.78 is 10.2. The lowest BCUT2D eigenvalue weighted by atomic mass is 10.2. The van der Waals surface area contributed by atoms with Crippen LogP contribution in [0.2, 0.25) is 0 Å². The molecule has 2 heterocycles. The van der Waals surface area contributed by atoms with E-state index in [1.165, 1.54) is 0 Å². The van der Waals surface area contributed by atoms with Crippen LogP contribution in [0.25, 0.3) is 0 Å². The van der Waals surface area contributed by atoms with E-state index >= 15 is 0 Å². The maximum Gasteiger partial charge on any atom is 0.226 e. The Morgan fingerprint density at radius 2 is 2.33 bits per heavy atom. The van der Waals surface area contributed by atoms with Gasteiger partial charge in [-0.3, -0.25) is 4.79 Å². The number of nitrogens with one attached hydrogen (secondary N) is 1. The molecule has 0 aliphatic carbocycles. The fourth-order valence-corrected chi connectivity index (χ4v) is 2.95. The molecule has 0 unspecified atom stereocenters. The molecule has 0 aromatic carbocycles. The molecule has 0 bridgehead atoms. The largest absolute Gasteiger partial charge is 0.381 e. The van der Waals surface area contributed by atoms with Crippen LogP contribution in [-0.4, -0.2) is 35.3 Å². The lowest BCUT2D eigenvalue weighted by Crippen LogP contribution is -2.19. The molecular formula is C12H18N2O3S. The molecule has 0 saturated carbocycles. The van der Waals surface area contributed by atoms with Gasteiger partial charge in [-0.15, -0.1) is 0 Å². The quantitative estimate of drug-likeness (QED) is 0.888. The van der Waals surface area contributed by atoms with Gasteiger partial charge in [0.05, 0.1) is 0 Å². The summed E-state index contributed by atoms with van der Waals surface area (Å²) in [5.41, 5.74) is 0. The molecule has 2 rings (SSSR count). The summed E-state index contributed by atoms with van der Waals surface area (Å²) >= 11 is 1.86. The van der Waals surface area contributed by atoms with Crippen molar-refractivity contribution in [1.29, 1.82) is 0 Å². The van der Waals surface area contributed by atoms with Crippen molar-refractivity contribution in [2.75, 3.05) is 24.3 Å². The molecule has 1 saturated heterocycles. The lowest BCUT2D eigenvalue weighted by molar-refractivity contribution is -0.115. The van der Waals surface area contributed by atoms with Crippen molar-refractivity contribution in [1.82, 2.24) is 5.16 Å². The van der Waals surface area contributed by atoms with Crippen LogP contribution in [0.1, 0.15) is 25.0 Å². The Bertz CT molecular complexity index is 388. The predicted octanol–water partition coefficient (Wildman–Crippen LogP) is 2.22.